The lowest BCUT2D eigenvalue weighted by Crippen LogP contribution is -2.27. The van der Waals surface area contributed by atoms with Gasteiger partial charge < -0.3 is 11.5 Å². The van der Waals surface area contributed by atoms with Crippen LogP contribution in [0.15, 0.2) is 23.1 Å². The van der Waals surface area contributed by atoms with Gasteiger partial charge in [-0.25, -0.2) is 0 Å². The Kier molecular flexibility index (Phi) is 3.57. The first-order chi connectivity index (χ1) is 12.3. The molecule has 0 aliphatic rings. The normalized spacial score (nSPS) is 11.5. The number of thiophene rings is 1. The molecule has 5 N–H and O–H groups in total. The Morgan fingerprint density at radius 1 is 1.35 bits per heavy atom. The number of anilines is 1. The van der Waals surface area contributed by atoms with Gasteiger partial charge in [0.25, 0.3) is 11.5 Å². The van der Waals surface area contributed by atoms with Crippen LogP contribution in [-0.4, -0.2) is 20.7 Å². The number of nitrogen functional groups attached to an aromatic ring is 1. The molecule has 0 fully saturated rings. The van der Waals surface area contributed by atoms with Crippen molar-refractivity contribution >= 4 is 55.7 Å². The number of carbonyl (C=O) groups is 1. The first-order valence-corrected chi connectivity index (χ1v) is 8.88. The number of hydrogen-bond donors (Lipinski definition) is 3. The number of amides is 1. The maximum atomic E-state index is 13.3. The smallest absolute Gasteiger partial charge is 0.265 e. The monoisotopic (exact) mass is 387 g/mol. The predicted octanol–water partition coefficient (Wildman–Crippen LogP) is 2.88. The van der Waals surface area contributed by atoms with E-state index < -0.39 is 5.91 Å². The molecule has 0 aliphatic carbocycles. The number of benzene rings is 1. The molecule has 9 heteroatoms. The van der Waals surface area contributed by atoms with Crippen LogP contribution in [0.2, 0.25) is 5.02 Å². The van der Waals surface area contributed by atoms with Crippen LogP contribution in [0.1, 0.15) is 20.8 Å². The van der Waals surface area contributed by atoms with Gasteiger partial charge in [-0.2, -0.15) is 5.10 Å². The molecular formula is C17H14ClN5O2S. The van der Waals surface area contributed by atoms with Crippen LogP contribution in [0.3, 0.4) is 0 Å². The van der Waals surface area contributed by atoms with Crippen LogP contribution in [0.25, 0.3) is 26.7 Å². The Bertz CT molecular complexity index is 1280. The molecule has 4 rings (SSSR count). The summed E-state index contributed by atoms with van der Waals surface area (Å²) >= 11 is 7.73. The molecule has 7 nitrogen and oxygen atoms in total. The summed E-state index contributed by atoms with van der Waals surface area (Å²) in [6.45, 7) is 3.72. The topological polar surface area (TPSA) is 120 Å². The predicted molar refractivity (Wildman–Crippen MR) is 104 cm³/mol. The molecule has 4 aromatic rings. The molecule has 0 unspecified atom stereocenters. The average molecular weight is 388 g/mol. The zero-order valence-electron chi connectivity index (χ0n) is 13.9. The summed E-state index contributed by atoms with van der Waals surface area (Å²) in [5, 5.41) is 8.18. The quantitative estimate of drug-likeness (QED) is 0.489. The molecule has 1 amide bonds. The molecule has 0 saturated carbocycles. The second-order valence-electron chi connectivity index (χ2n) is 5.98. The summed E-state index contributed by atoms with van der Waals surface area (Å²) in [5.74, 6) is -0.732. The van der Waals surface area contributed by atoms with Crippen molar-refractivity contribution in [2.75, 3.05) is 5.73 Å². The molecule has 132 valence electrons. The van der Waals surface area contributed by atoms with Gasteiger partial charge in [-0.1, -0.05) is 11.6 Å². The minimum atomic E-state index is -0.696. The number of halogens is 1. The number of aromatic amines is 1. The molecule has 0 radical (unpaired) electrons. The largest absolute Gasteiger partial charge is 0.384 e. The SMILES string of the molecule is Cc1sc2c(C(N)=O)c(N)n(-c3c(Cl)ccc4[nH]ncc34)c(=O)c2c1C. The second-order valence-corrected chi connectivity index (χ2v) is 7.61. The Morgan fingerprint density at radius 2 is 2.08 bits per heavy atom. The Hall–Kier alpha value is -2.84. The zero-order valence-corrected chi connectivity index (χ0v) is 15.5. The number of primary amides is 1. The van der Waals surface area contributed by atoms with E-state index in [2.05, 4.69) is 10.2 Å². The summed E-state index contributed by atoms with van der Waals surface area (Å²) in [4.78, 5) is 26.4. The van der Waals surface area contributed by atoms with Crippen molar-refractivity contribution in [3.63, 3.8) is 0 Å². The molecule has 0 aliphatic heterocycles. The number of nitrogens with zero attached hydrogens (tertiary/aromatic N) is 2. The summed E-state index contributed by atoms with van der Waals surface area (Å²) in [5.41, 5.74) is 13.5. The van der Waals surface area contributed by atoms with Crippen LogP contribution < -0.4 is 17.0 Å². The van der Waals surface area contributed by atoms with Crippen molar-refractivity contribution in [3.05, 3.63) is 49.7 Å². The molecule has 0 saturated heterocycles. The first-order valence-electron chi connectivity index (χ1n) is 7.68. The van der Waals surface area contributed by atoms with E-state index in [4.69, 9.17) is 23.1 Å². The highest BCUT2D eigenvalue weighted by Crippen LogP contribution is 2.36. The average Bonchev–Trinajstić information content (AvgIpc) is 3.14. The van der Waals surface area contributed by atoms with Gasteiger partial charge in [-0.15, -0.1) is 11.3 Å². The lowest BCUT2D eigenvalue weighted by molar-refractivity contribution is 0.100. The first kappa shape index (κ1) is 16.6. The highest BCUT2D eigenvalue weighted by Gasteiger charge is 2.25. The van der Waals surface area contributed by atoms with Gasteiger partial charge in [0.15, 0.2) is 0 Å². The third kappa shape index (κ3) is 2.09. The summed E-state index contributed by atoms with van der Waals surface area (Å²) in [7, 11) is 0. The fourth-order valence-electron chi connectivity index (χ4n) is 3.17. The van der Waals surface area contributed by atoms with E-state index in [0.29, 0.717) is 31.7 Å². The van der Waals surface area contributed by atoms with Gasteiger partial charge in [-0.05, 0) is 31.5 Å². The number of rotatable bonds is 2. The molecule has 0 bridgehead atoms. The van der Waals surface area contributed by atoms with E-state index in [0.717, 1.165) is 10.4 Å². The number of pyridine rings is 1. The molecular weight excluding hydrogens is 374 g/mol. The maximum Gasteiger partial charge on any atom is 0.265 e. The van der Waals surface area contributed by atoms with E-state index in [1.165, 1.54) is 15.9 Å². The molecule has 3 heterocycles. The standard InChI is InChI=1S/C17H14ClN5O2S/c1-6-7(2)26-14-11(6)17(25)23(15(19)12(14)16(20)24)13-8-5-21-22-10(8)4-3-9(13)18/h3-5H,19H2,1-2H3,(H2,20,24)(H,21,22). The number of nitrogens with two attached hydrogens (primary N) is 2. The van der Waals surface area contributed by atoms with E-state index in [1.54, 1.807) is 18.3 Å². The maximum absolute atomic E-state index is 13.3. The van der Waals surface area contributed by atoms with E-state index in [9.17, 15) is 9.59 Å². The van der Waals surface area contributed by atoms with Gasteiger partial charge in [0, 0.05) is 10.3 Å². The van der Waals surface area contributed by atoms with Crippen molar-refractivity contribution in [2.24, 2.45) is 5.73 Å². The minimum Gasteiger partial charge on any atom is -0.384 e. The molecule has 0 atom stereocenters. The fourth-order valence-corrected chi connectivity index (χ4v) is 4.63. The highest BCUT2D eigenvalue weighted by atomic mass is 35.5. The fraction of sp³-hybridized carbons (Fsp3) is 0.118. The Balaban J connectivity index is 2.29. The van der Waals surface area contributed by atoms with Gasteiger partial charge in [0.1, 0.15) is 5.82 Å². The van der Waals surface area contributed by atoms with Crippen molar-refractivity contribution in [1.29, 1.82) is 0 Å². The Labute approximate surface area is 156 Å². The molecule has 26 heavy (non-hydrogen) atoms. The van der Waals surface area contributed by atoms with E-state index in [1.807, 2.05) is 13.8 Å². The van der Waals surface area contributed by atoms with Crippen LogP contribution in [0.4, 0.5) is 5.82 Å². The highest BCUT2D eigenvalue weighted by molar-refractivity contribution is 7.19. The van der Waals surface area contributed by atoms with Crippen LogP contribution >= 0.6 is 22.9 Å². The number of carbonyl (C=O) groups excluding carboxylic acids is 1. The number of nitrogens with one attached hydrogen (secondary N) is 1. The van der Waals surface area contributed by atoms with Crippen molar-refractivity contribution in [3.8, 4) is 5.69 Å². The number of H-pyrrole nitrogens is 1. The van der Waals surface area contributed by atoms with Gasteiger partial charge >= 0.3 is 0 Å². The number of aromatic nitrogens is 3. The van der Waals surface area contributed by atoms with Crippen molar-refractivity contribution in [2.45, 2.75) is 13.8 Å². The molecule has 0 spiro atoms. The summed E-state index contributed by atoms with van der Waals surface area (Å²) in [6, 6.07) is 3.39. The van der Waals surface area contributed by atoms with Gasteiger partial charge in [-0.3, -0.25) is 19.3 Å². The van der Waals surface area contributed by atoms with Crippen molar-refractivity contribution in [1.82, 2.24) is 14.8 Å². The number of aryl methyl sites for hydroxylation is 2. The summed E-state index contributed by atoms with van der Waals surface area (Å²) < 4.78 is 1.75. The molecule has 1 aromatic carbocycles. The summed E-state index contributed by atoms with van der Waals surface area (Å²) in [6.07, 6.45) is 1.56. The number of hydrogen-bond acceptors (Lipinski definition) is 5. The van der Waals surface area contributed by atoms with E-state index >= 15 is 0 Å². The third-order valence-corrected chi connectivity index (χ3v) is 6.07. The van der Waals surface area contributed by atoms with Crippen LogP contribution in [-0.2, 0) is 0 Å². The molecule has 3 aromatic heterocycles. The Morgan fingerprint density at radius 3 is 2.77 bits per heavy atom. The van der Waals surface area contributed by atoms with Crippen LogP contribution in [0.5, 0.6) is 0 Å². The van der Waals surface area contributed by atoms with Gasteiger partial charge in [0.05, 0.1) is 38.1 Å². The third-order valence-electron chi connectivity index (χ3n) is 4.54. The van der Waals surface area contributed by atoms with Crippen molar-refractivity contribution < 1.29 is 4.79 Å². The lowest BCUT2D eigenvalue weighted by atomic mass is 10.1. The van der Waals surface area contributed by atoms with Crippen LogP contribution in [0, 0.1) is 13.8 Å². The van der Waals surface area contributed by atoms with Gasteiger partial charge in [0.2, 0.25) is 0 Å². The zero-order chi connectivity index (χ0) is 18.7. The minimum absolute atomic E-state index is 0.0353. The lowest BCUT2D eigenvalue weighted by Gasteiger charge is -2.15. The van der Waals surface area contributed by atoms with E-state index in [-0.39, 0.29) is 16.9 Å². The second kappa shape index (κ2) is 5.58. The number of fused-ring (bicyclic) bond motifs is 2.